The summed E-state index contributed by atoms with van der Waals surface area (Å²) in [5.74, 6) is 1.78. The van der Waals surface area contributed by atoms with Crippen molar-refractivity contribution in [3.8, 4) is 5.75 Å². The fourth-order valence-electron chi connectivity index (χ4n) is 4.22. The topological polar surface area (TPSA) is 78.0 Å². The molecule has 1 saturated heterocycles. The summed E-state index contributed by atoms with van der Waals surface area (Å²) in [7, 11) is 3.48. The fourth-order valence-corrected chi connectivity index (χ4v) is 4.22. The van der Waals surface area contributed by atoms with Gasteiger partial charge in [-0.2, -0.15) is 0 Å². The average Bonchev–Trinajstić information content (AvgIpc) is 3.22. The molecule has 1 aliphatic heterocycles. The van der Waals surface area contributed by atoms with Crippen LogP contribution in [-0.2, 0) is 4.79 Å². The molecule has 1 aliphatic carbocycles. The highest BCUT2D eigenvalue weighted by Crippen LogP contribution is 2.30. The van der Waals surface area contributed by atoms with Crippen LogP contribution in [0.15, 0.2) is 29.3 Å². The van der Waals surface area contributed by atoms with Gasteiger partial charge in [-0.25, -0.2) is 0 Å². The molecule has 7 heteroatoms. The van der Waals surface area contributed by atoms with E-state index < -0.39 is 0 Å². The lowest BCUT2D eigenvalue weighted by Crippen LogP contribution is -2.46. The van der Waals surface area contributed by atoms with E-state index in [0.717, 1.165) is 49.7 Å². The summed E-state index contributed by atoms with van der Waals surface area (Å²) in [6.07, 6.45) is 7.49. The van der Waals surface area contributed by atoms with E-state index in [9.17, 15) is 4.79 Å². The van der Waals surface area contributed by atoms with Crippen LogP contribution >= 0.6 is 0 Å². The maximum atomic E-state index is 12.2. The van der Waals surface area contributed by atoms with Crippen molar-refractivity contribution in [1.29, 1.82) is 0 Å². The smallest absolute Gasteiger partial charge is 0.221 e. The van der Waals surface area contributed by atoms with Gasteiger partial charge in [-0.05, 0) is 31.4 Å². The molecule has 160 valence electrons. The molecule has 1 heterocycles. The van der Waals surface area contributed by atoms with Gasteiger partial charge in [0.15, 0.2) is 5.96 Å². The quantitative estimate of drug-likeness (QED) is 0.483. The van der Waals surface area contributed by atoms with E-state index in [4.69, 9.17) is 4.74 Å². The van der Waals surface area contributed by atoms with Gasteiger partial charge >= 0.3 is 0 Å². The molecule has 0 radical (unpaired) electrons. The Morgan fingerprint density at radius 3 is 2.69 bits per heavy atom. The first-order valence-electron chi connectivity index (χ1n) is 10.8. The molecule has 1 atom stereocenters. The minimum atomic E-state index is 0.128. The molecule has 7 nitrogen and oxygen atoms in total. The van der Waals surface area contributed by atoms with Crippen LogP contribution in [-0.4, -0.2) is 57.7 Å². The molecule has 0 aromatic heterocycles. The maximum Gasteiger partial charge on any atom is 0.221 e. The molecular weight excluding hydrogens is 366 g/mol. The molecule has 3 rings (SSSR count). The Balaban J connectivity index is 1.39. The number of amides is 1. The average molecular weight is 402 g/mol. The summed E-state index contributed by atoms with van der Waals surface area (Å²) < 4.78 is 5.49. The predicted octanol–water partition coefficient (Wildman–Crippen LogP) is 2.28. The molecule has 0 spiro atoms. The SMILES string of the molecule is CN=C(NCCC(=O)NC1CCCCC1)NC1CCN(c2ccccc2OC)C1. The van der Waals surface area contributed by atoms with E-state index in [1.807, 2.05) is 18.2 Å². The highest BCUT2D eigenvalue weighted by Gasteiger charge is 2.25. The largest absolute Gasteiger partial charge is 0.495 e. The van der Waals surface area contributed by atoms with Crippen LogP contribution < -0.4 is 25.6 Å². The third kappa shape index (κ3) is 6.27. The lowest BCUT2D eigenvalue weighted by molar-refractivity contribution is -0.121. The molecule has 2 fully saturated rings. The number of aliphatic imine (C=N–C) groups is 1. The monoisotopic (exact) mass is 401 g/mol. The van der Waals surface area contributed by atoms with Gasteiger partial charge in [0, 0.05) is 45.2 Å². The van der Waals surface area contributed by atoms with Gasteiger partial charge in [-0.1, -0.05) is 31.4 Å². The minimum absolute atomic E-state index is 0.128. The minimum Gasteiger partial charge on any atom is -0.495 e. The number of ether oxygens (including phenoxy) is 1. The van der Waals surface area contributed by atoms with Crippen molar-refractivity contribution in [3.63, 3.8) is 0 Å². The Bertz CT molecular complexity index is 688. The van der Waals surface area contributed by atoms with E-state index in [1.54, 1.807) is 14.2 Å². The molecule has 1 saturated carbocycles. The Hall–Kier alpha value is -2.44. The van der Waals surface area contributed by atoms with Crippen molar-refractivity contribution in [3.05, 3.63) is 24.3 Å². The molecule has 2 aliphatic rings. The second-order valence-electron chi connectivity index (χ2n) is 7.90. The molecule has 0 bridgehead atoms. The summed E-state index contributed by atoms with van der Waals surface area (Å²) in [6, 6.07) is 8.80. The van der Waals surface area contributed by atoms with Crippen molar-refractivity contribution >= 4 is 17.6 Å². The molecule has 3 N–H and O–H groups in total. The van der Waals surface area contributed by atoms with Crippen LogP contribution in [0, 0.1) is 0 Å². The number of methoxy groups -OCH3 is 1. The van der Waals surface area contributed by atoms with Gasteiger partial charge in [0.1, 0.15) is 5.75 Å². The normalized spacial score (nSPS) is 20.4. The third-order valence-corrected chi connectivity index (χ3v) is 5.79. The number of anilines is 1. The number of hydrogen-bond donors (Lipinski definition) is 3. The number of para-hydroxylation sites is 2. The van der Waals surface area contributed by atoms with Gasteiger partial charge in [0.25, 0.3) is 0 Å². The molecule has 29 heavy (non-hydrogen) atoms. The van der Waals surface area contributed by atoms with Crippen molar-refractivity contribution in [1.82, 2.24) is 16.0 Å². The van der Waals surface area contributed by atoms with Gasteiger partial charge in [0.05, 0.1) is 12.8 Å². The number of nitrogens with one attached hydrogen (secondary N) is 3. The first-order valence-corrected chi connectivity index (χ1v) is 10.8. The Kier molecular flexibility index (Phi) is 8.02. The number of carbonyl (C=O) groups excluding carboxylic acids is 1. The molecular formula is C22H35N5O2. The lowest BCUT2D eigenvalue weighted by Gasteiger charge is -2.23. The van der Waals surface area contributed by atoms with E-state index in [-0.39, 0.29) is 5.91 Å². The second-order valence-corrected chi connectivity index (χ2v) is 7.90. The van der Waals surface area contributed by atoms with Crippen LogP contribution in [0.25, 0.3) is 0 Å². The predicted molar refractivity (Wildman–Crippen MR) is 118 cm³/mol. The first kappa shape index (κ1) is 21.3. The van der Waals surface area contributed by atoms with Gasteiger partial charge in [0.2, 0.25) is 5.91 Å². The molecule has 1 unspecified atom stereocenters. The zero-order valence-electron chi connectivity index (χ0n) is 17.7. The van der Waals surface area contributed by atoms with Crippen LogP contribution in [0.3, 0.4) is 0 Å². The van der Waals surface area contributed by atoms with Gasteiger partial charge in [-0.15, -0.1) is 0 Å². The van der Waals surface area contributed by atoms with E-state index in [1.165, 1.54) is 19.3 Å². The number of rotatable bonds is 7. The standard InChI is InChI=1S/C22H35N5O2/c1-23-22(24-14-12-21(28)25-17-8-4-3-5-9-17)26-18-13-15-27(16-18)19-10-6-7-11-20(19)29-2/h6-7,10-11,17-18H,3-5,8-9,12-16H2,1-2H3,(H,25,28)(H2,23,24,26). The summed E-state index contributed by atoms with van der Waals surface area (Å²) in [5.41, 5.74) is 1.13. The highest BCUT2D eigenvalue weighted by molar-refractivity contribution is 5.81. The highest BCUT2D eigenvalue weighted by atomic mass is 16.5. The molecule has 1 aromatic rings. The van der Waals surface area contributed by atoms with Crippen molar-refractivity contribution in [2.24, 2.45) is 4.99 Å². The van der Waals surface area contributed by atoms with Crippen LogP contribution in [0.4, 0.5) is 5.69 Å². The lowest BCUT2D eigenvalue weighted by atomic mass is 9.95. The number of guanidine groups is 1. The van der Waals surface area contributed by atoms with Crippen LogP contribution in [0.2, 0.25) is 0 Å². The van der Waals surface area contributed by atoms with E-state index >= 15 is 0 Å². The van der Waals surface area contributed by atoms with Crippen molar-refractivity contribution < 1.29 is 9.53 Å². The van der Waals surface area contributed by atoms with Gasteiger partial charge in [-0.3, -0.25) is 9.79 Å². The fraction of sp³-hybridized carbons (Fsp3) is 0.636. The maximum absolute atomic E-state index is 12.2. The second kappa shape index (κ2) is 10.9. The molecule has 1 aromatic carbocycles. The van der Waals surface area contributed by atoms with Crippen molar-refractivity contribution in [2.75, 3.05) is 38.7 Å². The summed E-state index contributed by atoms with van der Waals surface area (Å²) in [4.78, 5) is 18.8. The molecule has 1 amide bonds. The summed E-state index contributed by atoms with van der Waals surface area (Å²) >= 11 is 0. The van der Waals surface area contributed by atoms with Crippen LogP contribution in [0.5, 0.6) is 5.75 Å². The third-order valence-electron chi connectivity index (χ3n) is 5.79. The van der Waals surface area contributed by atoms with E-state index in [0.29, 0.717) is 25.0 Å². The zero-order valence-corrected chi connectivity index (χ0v) is 17.7. The zero-order chi connectivity index (χ0) is 20.5. The number of benzene rings is 1. The number of nitrogens with zero attached hydrogens (tertiary/aromatic N) is 2. The Labute approximate surface area is 174 Å². The first-order chi connectivity index (χ1) is 14.2. The van der Waals surface area contributed by atoms with Crippen LogP contribution in [0.1, 0.15) is 44.9 Å². The summed E-state index contributed by atoms with van der Waals surface area (Å²) in [5, 5.41) is 9.92. The van der Waals surface area contributed by atoms with Crippen molar-refractivity contribution in [2.45, 2.75) is 57.0 Å². The van der Waals surface area contributed by atoms with Gasteiger partial charge < -0.3 is 25.6 Å². The number of carbonyl (C=O) groups is 1. The Morgan fingerprint density at radius 2 is 1.93 bits per heavy atom. The Morgan fingerprint density at radius 1 is 1.14 bits per heavy atom. The van der Waals surface area contributed by atoms with E-state index in [2.05, 4.69) is 31.9 Å². The number of hydrogen-bond acceptors (Lipinski definition) is 4. The summed E-state index contributed by atoms with van der Waals surface area (Å²) in [6.45, 7) is 2.45.